The van der Waals surface area contributed by atoms with Crippen molar-refractivity contribution in [1.82, 2.24) is 15.2 Å². The van der Waals surface area contributed by atoms with Crippen molar-refractivity contribution >= 4 is 17.6 Å². The van der Waals surface area contributed by atoms with Crippen molar-refractivity contribution < 1.29 is 18.3 Å². The van der Waals surface area contributed by atoms with Crippen molar-refractivity contribution in [2.45, 2.75) is 64.7 Å². The molecule has 2 aromatic rings. The number of halogens is 3. The minimum atomic E-state index is -4.18. The number of aliphatic hydroxyl groups excluding tert-OH is 1. The number of benzene rings is 1. The number of nitrogens with zero attached hydrogens (tertiary/aromatic N) is 3. The first-order chi connectivity index (χ1) is 16.6. The summed E-state index contributed by atoms with van der Waals surface area (Å²) < 4.78 is 37.6. The molecule has 0 bridgehead atoms. The minimum absolute atomic E-state index is 0.00419. The molecular weight excluding hydrogens is 455 g/mol. The average Bonchev–Trinajstić information content (AvgIpc) is 3.25. The lowest BCUT2D eigenvalue weighted by molar-refractivity contribution is -0.135. The van der Waals surface area contributed by atoms with Gasteiger partial charge in [-0.1, -0.05) is 6.07 Å². The van der Waals surface area contributed by atoms with Gasteiger partial charge in [0.05, 0.1) is 0 Å². The maximum Gasteiger partial charge on any atom is 0.389 e. The third-order valence-electron chi connectivity index (χ3n) is 6.55. The Kier molecular flexibility index (Phi) is 8.62. The van der Waals surface area contributed by atoms with Crippen molar-refractivity contribution in [3.63, 3.8) is 0 Å². The van der Waals surface area contributed by atoms with Crippen LogP contribution in [0.5, 0.6) is 0 Å². The first-order valence-electron chi connectivity index (χ1n) is 11.7. The molecular formula is C26H32F3N5O. The lowest BCUT2D eigenvalue weighted by Gasteiger charge is -2.33. The molecule has 0 spiro atoms. The zero-order valence-electron chi connectivity index (χ0n) is 20.2. The van der Waals surface area contributed by atoms with Gasteiger partial charge in [-0.15, -0.1) is 0 Å². The fraction of sp³-hybridized carbons (Fsp3) is 0.462. The smallest absolute Gasteiger partial charge is 0.389 e. The average molecular weight is 488 g/mol. The molecule has 0 saturated carbocycles. The van der Waals surface area contributed by atoms with Gasteiger partial charge in [0.25, 0.3) is 0 Å². The molecule has 188 valence electrons. The van der Waals surface area contributed by atoms with E-state index in [2.05, 4.69) is 46.0 Å². The Morgan fingerprint density at radius 2 is 2.09 bits per heavy atom. The molecule has 0 aliphatic carbocycles. The highest BCUT2D eigenvalue weighted by Gasteiger charge is 2.26. The van der Waals surface area contributed by atoms with Gasteiger partial charge in [-0.2, -0.15) is 18.4 Å². The maximum atomic E-state index is 12.5. The lowest BCUT2D eigenvalue weighted by atomic mass is 10.00. The second-order valence-electron chi connectivity index (χ2n) is 9.12. The molecule has 0 amide bonds. The summed E-state index contributed by atoms with van der Waals surface area (Å²) in [4.78, 5) is 8.99. The summed E-state index contributed by atoms with van der Waals surface area (Å²) in [5.74, 6) is -0.268. The third kappa shape index (κ3) is 7.36. The molecule has 1 fully saturated rings. The summed E-state index contributed by atoms with van der Waals surface area (Å²) in [5, 5.41) is 23.5. The Labute approximate surface area is 203 Å². The Morgan fingerprint density at radius 1 is 1.37 bits per heavy atom. The predicted molar refractivity (Wildman–Crippen MR) is 132 cm³/mol. The molecule has 0 radical (unpaired) electrons. The highest BCUT2D eigenvalue weighted by molar-refractivity contribution is 5.85. The summed E-state index contributed by atoms with van der Waals surface area (Å²) in [7, 11) is 0. The Bertz CT molecular complexity index is 1150. The van der Waals surface area contributed by atoms with Gasteiger partial charge in [0.15, 0.2) is 0 Å². The van der Waals surface area contributed by atoms with Gasteiger partial charge in [0, 0.05) is 54.8 Å². The number of aromatic amines is 1. The van der Waals surface area contributed by atoms with Crippen LogP contribution in [0.3, 0.4) is 0 Å². The topological polar surface area (TPSA) is 87.4 Å². The Balaban J connectivity index is 1.61. The van der Waals surface area contributed by atoms with Crippen LogP contribution in [-0.4, -0.2) is 47.0 Å². The number of hydrogen-bond donors (Lipinski definition) is 3. The van der Waals surface area contributed by atoms with Crippen LogP contribution in [0.25, 0.3) is 10.9 Å². The van der Waals surface area contributed by atoms with Gasteiger partial charge >= 0.3 is 6.18 Å². The highest BCUT2D eigenvalue weighted by Crippen LogP contribution is 2.26. The summed E-state index contributed by atoms with van der Waals surface area (Å²) in [6.45, 7) is 9.69. The van der Waals surface area contributed by atoms with Crippen LogP contribution in [0.15, 0.2) is 46.4 Å². The number of alkyl halides is 3. The zero-order chi connectivity index (χ0) is 25.6. The summed E-state index contributed by atoms with van der Waals surface area (Å²) in [5.41, 5.74) is 5.25. The van der Waals surface area contributed by atoms with Gasteiger partial charge in [-0.05, 0) is 75.1 Å². The molecule has 3 N–H and O–H groups in total. The van der Waals surface area contributed by atoms with Crippen molar-refractivity contribution in [2.75, 3.05) is 13.1 Å². The normalized spacial score (nSPS) is 16.7. The first kappa shape index (κ1) is 26.4. The number of nitrogens with one attached hydrogen (secondary N) is 2. The number of aromatic nitrogens is 1. The monoisotopic (exact) mass is 487 g/mol. The summed E-state index contributed by atoms with van der Waals surface area (Å²) in [6, 6.07) is 8.28. The van der Waals surface area contributed by atoms with E-state index in [1.165, 1.54) is 11.6 Å². The molecule has 6 nitrogen and oxygen atoms in total. The fourth-order valence-electron chi connectivity index (χ4n) is 4.47. The van der Waals surface area contributed by atoms with Gasteiger partial charge in [-0.25, -0.2) is 4.99 Å². The standard InChI is InChI=1S/C26H32F3N5O/c1-17(5-4-10-26(27,28)29)24(14-25(35)31-3)32-20-8-11-34(12-9-20)16-19-6-7-23-22(18(19)2)13-21(15-30)33-23/h6-7,13-14,20,32-33,35H,3-5,8-12,16H2,1-2H3/b24-17-,25-14+. The summed E-state index contributed by atoms with van der Waals surface area (Å²) in [6.07, 6.45) is -1.58. The van der Waals surface area contributed by atoms with E-state index in [0.717, 1.165) is 54.5 Å². The van der Waals surface area contributed by atoms with E-state index in [9.17, 15) is 18.3 Å². The third-order valence-corrected chi connectivity index (χ3v) is 6.55. The number of allylic oxidation sites excluding steroid dienone is 2. The van der Waals surface area contributed by atoms with Crippen molar-refractivity contribution in [1.29, 1.82) is 5.26 Å². The van der Waals surface area contributed by atoms with E-state index < -0.39 is 12.6 Å². The van der Waals surface area contributed by atoms with E-state index in [-0.39, 0.29) is 24.8 Å². The predicted octanol–water partition coefficient (Wildman–Crippen LogP) is 6.01. The van der Waals surface area contributed by atoms with Crippen molar-refractivity contribution in [3.8, 4) is 6.07 Å². The number of piperidine rings is 1. The van der Waals surface area contributed by atoms with E-state index in [0.29, 0.717) is 11.4 Å². The zero-order valence-corrected chi connectivity index (χ0v) is 20.2. The molecule has 1 aromatic heterocycles. The molecule has 1 saturated heterocycles. The van der Waals surface area contributed by atoms with E-state index in [1.54, 1.807) is 6.92 Å². The summed E-state index contributed by atoms with van der Waals surface area (Å²) >= 11 is 0. The molecule has 3 rings (SSSR count). The molecule has 0 atom stereocenters. The van der Waals surface area contributed by atoms with Gasteiger partial charge in [0.1, 0.15) is 11.8 Å². The Morgan fingerprint density at radius 3 is 2.71 bits per heavy atom. The lowest BCUT2D eigenvalue weighted by Crippen LogP contribution is -2.42. The minimum Gasteiger partial charge on any atom is -0.493 e. The molecule has 9 heteroatoms. The fourth-order valence-corrected chi connectivity index (χ4v) is 4.47. The van der Waals surface area contributed by atoms with Gasteiger partial charge in [0.2, 0.25) is 5.88 Å². The number of rotatable bonds is 9. The van der Waals surface area contributed by atoms with E-state index in [4.69, 9.17) is 5.26 Å². The number of H-pyrrole nitrogens is 1. The maximum absolute atomic E-state index is 12.5. The molecule has 0 unspecified atom stereocenters. The number of aliphatic hydroxyl groups is 1. The van der Waals surface area contributed by atoms with Crippen LogP contribution in [0.1, 0.15) is 55.8 Å². The Hall–Kier alpha value is -3.25. The first-order valence-corrected chi connectivity index (χ1v) is 11.7. The molecule has 35 heavy (non-hydrogen) atoms. The molecule has 1 aliphatic heterocycles. The quantitative estimate of drug-likeness (QED) is 0.230. The molecule has 2 heterocycles. The largest absolute Gasteiger partial charge is 0.493 e. The van der Waals surface area contributed by atoms with Gasteiger partial charge in [-0.3, -0.25) is 4.90 Å². The van der Waals surface area contributed by atoms with Crippen LogP contribution >= 0.6 is 0 Å². The van der Waals surface area contributed by atoms with Crippen LogP contribution < -0.4 is 5.32 Å². The number of aliphatic imine (C=N–C) groups is 1. The number of aryl methyl sites for hydroxylation is 1. The van der Waals surface area contributed by atoms with Crippen molar-refractivity contribution in [3.05, 3.63) is 58.2 Å². The van der Waals surface area contributed by atoms with Gasteiger partial charge < -0.3 is 15.4 Å². The number of likely N-dealkylation sites (tertiary alicyclic amines) is 1. The van der Waals surface area contributed by atoms with E-state index >= 15 is 0 Å². The van der Waals surface area contributed by atoms with Crippen LogP contribution in [-0.2, 0) is 6.54 Å². The van der Waals surface area contributed by atoms with E-state index in [1.807, 2.05) is 12.1 Å². The van der Waals surface area contributed by atoms with Crippen LogP contribution in [0.4, 0.5) is 13.2 Å². The SMILES string of the molecule is C=N/C(O)=C\C(NC1CCN(Cc2ccc3[nH]c(C#N)cc3c2C)CC1)=C(/C)CCCC(F)(F)F. The number of hydrogen-bond acceptors (Lipinski definition) is 5. The molecule has 1 aliphatic rings. The second-order valence-corrected chi connectivity index (χ2v) is 9.12. The van der Waals surface area contributed by atoms with Crippen LogP contribution in [0, 0.1) is 18.3 Å². The van der Waals surface area contributed by atoms with Crippen molar-refractivity contribution in [2.24, 2.45) is 4.99 Å². The highest BCUT2D eigenvalue weighted by atomic mass is 19.4. The second kappa shape index (κ2) is 11.5. The van der Waals surface area contributed by atoms with Crippen LogP contribution in [0.2, 0.25) is 0 Å². The number of nitriles is 1. The molecule has 1 aromatic carbocycles. The number of fused-ring (bicyclic) bond motifs is 1.